The van der Waals surface area contributed by atoms with E-state index in [1.54, 1.807) is 0 Å². The number of carboxylic acids is 1. The second-order valence-corrected chi connectivity index (χ2v) is 6.27. The van der Waals surface area contributed by atoms with Crippen LogP contribution >= 0.6 is 0 Å². The average molecular weight is 290 g/mol. The Morgan fingerprint density at radius 2 is 1.76 bits per heavy atom. The molecule has 4 heteroatoms. The third-order valence-corrected chi connectivity index (χ3v) is 4.54. The lowest BCUT2D eigenvalue weighted by molar-refractivity contribution is -0.138. The first-order valence-electron chi connectivity index (χ1n) is 7.79. The van der Waals surface area contributed by atoms with Gasteiger partial charge in [-0.25, -0.2) is 0 Å². The molecule has 1 heterocycles. The minimum Gasteiger partial charge on any atom is -0.480 e. The Kier molecular flexibility index (Phi) is 5.37. The fourth-order valence-corrected chi connectivity index (χ4v) is 3.12. The van der Waals surface area contributed by atoms with E-state index in [0.717, 1.165) is 12.1 Å². The van der Waals surface area contributed by atoms with Gasteiger partial charge in [-0.15, -0.1) is 0 Å². The standard InChI is InChI=1S/C17H26N2O2/c1-12-4-3-5-13(2)19(12)11-15-8-6-14(7-9-15)10-16(18)17(20)21/h6-9,12-13,16H,3-5,10-11,18H2,1-2H3,(H,20,21). The molecule has 0 saturated carbocycles. The number of hydrogen-bond acceptors (Lipinski definition) is 3. The molecular formula is C17H26N2O2. The summed E-state index contributed by atoms with van der Waals surface area (Å²) in [6.45, 7) is 5.57. The van der Waals surface area contributed by atoms with Crippen LogP contribution in [0.5, 0.6) is 0 Å². The van der Waals surface area contributed by atoms with Crippen LogP contribution in [0, 0.1) is 0 Å². The van der Waals surface area contributed by atoms with Crippen LogP contribution in [-0.2, 0) is 17.8 Å². The van der Waals surface area contributed by atoms with Crippen molar-refractivity contribution in [2.45, 2.75) is 64.2 Å². The maximum Gasteiger partial charge on any atom is 0.320 e. The molecule has 2 rings (SSSR count). The maximum atomic E-state index is 10.8. The molecule has 0 aromatic heterocycles. The highest BCUT2D eigenvalue weighted by molar-refractivity contribution is 5.73. The Hall–Kier alpha value is -1.39. The van der Waals surface area contributed by atoms with Crippen LogP contribution in [0.15, 0.2) is 24.3 Å². The monoisotopic (exact) mass is 290 g/mol. The number of rotatable bonds is 5. The van der Waals surface area contributed by atoms with Crippen LogP contribution in [-0.4, -0.2) is 34.1 Å². The summed E-state index contributed by atoms with van der Waals surface area (Å²) in [5.74, 6) is -0.949. The van der Waals surface area contributed by atoms with Gasteiger partial charge in [0.15, 0.2) is 0 Å². The Morgan fingerprint density at radius 1 is 1.24 bits per heavy atom. The summed E-state index contributed by atoms with van der Waals surface area (Å²) in [6, 6.07) is 8.63. The van der Waals surface area contributed by atoms with Gasteiger partial charge in [0, 0.05) is 18.6 Å². The van der Waals surface area contributed by atoms with E-state index < -0.39 is 12.0 Å². The summed E-state index contributed by atoms with van der Waals surface area (Å²) >= 11 is 0. The molecule has 1 aromatic carbocycles. The van der Waals surface area contributed by atoms with Crippen molar-refractivity contribution in [1.29, 1.82) is 0 Å². The Bertz CT molecular complexity index is 462. The molecule has 21 heavy (non-hydrogen) atoms. The summed E-state index contributed by atoms with van der Waals surface area (Å²) in [5, 5.41) is 8.84. The van der Waals surface area contributed by atoms with Gasteiger partial charge in [-0.2, -0.15) is 0 Å². The largest absolute Gasteiger partial charge is 0.480 e. The van der Waals surface area contributed by atoms with Gasteiger partial charge in [0.1, 0.15) is 6.04 Å². The van der Waals surface area contributed by atoms with Crippen LogP contribution in [0.1, 0.15) is 44.2 Å². The van der Waals surface area contributed by atoms with Crippen molar-refractivity contribution in [3.63, 3.8) is 0 Å². The van der Waals surface area contributed by atoms with E-state index in [1.807, 2.05) is 12.1 Å². The van der Waals surface area contributed by atoms with E-state index in [4.69, 9.17) is 10.8 Å². The molecule has 1 aliphatic rings. The SMILES string of the molecule is CC1CCCC(C)N1Cc1ccc(CC(N)C(=O)O)cc1. The molecule has 3 N–H and O–H groups in total. The first kappa shape index (κ1) is 16.0. The van der Waals surface area contributed by atoms with Gasteiger partial charge >= 0.3 is 5.97 Å². The quantitative estimate of drug-likeness (QED) is 0.874. The summed E-state index contributed by atoms with van der Waals surface area (Å²) in [5.41, 5.74) is 7.83. The molecule has 4 nitrogen and oxygen atoms in total. The molecule has 3 unspecified atom stereocenters. The van der Waals surface area contributed by atoms with Crippen molar-refractivity contribution in [3.8, 4) is 0 Å². The molecule has 0 spiro atoms. The third kappa shape index (κ3) is 4.29. The number of nitrogens with zero attached hydrogens (tertiary/aromatic N) is 1. The summed E-state index contributed by atoms with van der Waals surface area (Å²) in [4.78, 5) is 13.3. The number of carbonyl (C=O) groups is 1. The number of likely N-dealkylation sites (tertiary alicyclic amines) is 1. The highest BCUT2D eigenvalue weighted by Crippen LogP contribution is 2.24. The summed E-state index contributed by atoms with van der Waals surface area (Å²) in [7, 11) is 0. The molecule has 0 radical (unpaired) electrons. The van der Waals surface area contributed by atoms with Crippen LogP contribution in [0.3, 0.4) is 0 Å². The smallest absolute Gasteiger partial charge is 0.320 e. The highest BCUT2D eigenvalue weighted by atomic mass is 16.4. The van der Waals surface area contributed by atoms with Crippen molar-refractivity contribution in [1.82, 2.24) is 4.90 Å². The molecule has 0 bridgehead atoms. The van der Waals surface area contributed by atoms with Gasteiger partial charge < -0.3 is 10.8 Å². The lowest BCUT2D eigenvalue weighted by Gasteiger charge is -2.39. The fourth-order valence-electron chi connectivity index (χ4n) is 3.12. The topological polar surface area (TPSA) is 66.6 Å². The second-order valence-electron chi connectivity index (χ2n) is 6.27. The lowest BCUT2D eigenvalue weighted by Crippen LogP contribution is -2.42. The van der Waals surface area contributed by atoms with E-state index in [2.05, 4.69) is 30.9 Å². The number of carboxylic acid groups (broad SMARTS) is 1. The Balaban J connectivity index is 1.97. The van der Waals surface area contributed by atoms with Gasteiger partial charge in [-0.1, -0.05) is 30.7 Å². The summed E-state index contributed by atoms with van der Waals surface area (Å²) < 4.78 is 0. The average Bonchev–Trinajstić information content (AvgIpc) is 2.44. The molecule has 1 aromatic rings. The summed E-state index contributed by atoms with van der Waals surface area (Å²) in [6.07, 6.45) is 4.25. The molecule has 1 fully saturated rings. The van der Waals surface area contributed by atoms with E-state index in [1.165, 1.54) is 24.8 Å². The number of aliphatic carboxylic acids is 1. The van der Waals surface area contributed by atoms with Crippen LogP contribution in [0.2, 0.25) is 0 Å². The van der Waals surface area contributed by atoms with Crippen molar-refractivity contribution >= 4 is 5.97 Å². The predicted octanol–water partition coefficient (Wildman–Crippen LogP) is 2.40. The zero-order chi connectivity index (χ0) is 15.4. The van der Waals surface area contributed by atoms with Crippen molar-refractivity contribution in [2.75, 3.05) is 0 Å². The first-order chi connectivity index (χ1) is 9.97. The first-order valence-corrected chi connectivity index (χ1v) is 7.79. The normalized spacial score (nSPS) is 24.7. The van der Waals surface area contributed by atoms with Crippen molar-refractivity contribution in [2.24, 2.45) is 5.73 Å². The third-order valence-electron chi connectivity index (χ3n) is 4.54. The molecule has 0 amide bonds. The minimum atomic E-state index is -0.949. The van der Waals surface area contributed by atoms with Crippen LogP contribution < -0.4 is 5.73 Å². The van der Waals surface area contributed by atoms with Gasteiger partial charge in [0.05, 0.1) is 0 Å². The van der Waals surface area contributed by atoms with E-state index in [-0.39, 0.29) is 0 Å². The van der Waals surface area contributed by atoms with E-state index in [0.29, 0.717) is 18.5 Å². The zero-order valence-corrected chi connectivity index (χ0v) is 13.0. The molecule has 1 aliphatic heterocycles. The number of benzene rings is 1. The predicted molar refractivity (Wildman–Crippen MR) is 84.1 cm³/mol. The maximum absolute atomic E-state index is 10.8. The highest BCUT2D eigenvalue weighted by Gasteiger charge is 2.24. The Morgan fingerprint density at radius 3 is 2.29 bits per heavy atom. The van der Waals surface area contributed by atoms with Gasteiger partial charge in [0.2, 0.25) is 0 Å². The Labute approximate surface area is 126 Å². The van der Waals surface area contributed by atoms with E-state index in [9.17, 15) is 4.79 Å². The van der Waals surface area contributed by atoms with Gasteiger partial charge in [0.25, 0.3) is 0 Å². The molecular weight excluding hydrogens is 264 g/mol. The number of hydrogen-bond donors (Lipinski definition) is 2. The zero-order valence-electron chi connectivity index (χ0n) is 13.0. The van der Waals surface area contributed by atoms with Crippen molar-refractivity contribution in [3.05, 3.63) is 35.4 Å². The molecule has 1 saturated heterocycles. The van der Waals surface area contributed by atoms with Crippen LogP contribution in [0.4, 0.5) is 0 Å². The second kappa shape index (κ2) is 7.05. The van der Waals surface area contributed by atoms with Gasteiger partial charge in [-0.3, -0.25) is 9.69 Å². The van der Waals surface area contributed by atoms with Gasteiger partial charge in [-0.05, 0) is 44.2 Å². The lowest BCUT2D eigenvalue weighted by atomic mass is 9.96. The number of piperidine rings is 1. The van der Waals surface area contributed by atoms with Crippen LogP contribution in [0.25, 0.3) is 0 Å². The molecule has 116 valence electrons. The van der Waals surface area contributed by atoms with E-state index >= 15 is 0 Å². The minimum absolute atomic E-state index is 0.381. The van der Waals surface area contributed by atoms with Crippen molar-refractivity contribution < 1.29 is 9.90 Å². The molecule has 0 aliphatic carbocycles. The fraction of sp³-hybridized carbons (Fsp3) is 0.588. The molecule has 3 atom stereocenters. The number of nitrogens with two attached hydrogens (primary N) is 1.